The number of hydrogen-bond donors (Lipinski definition) is 0. The maximum atomic E-state index is 10.4. The van der Waals surface area contributed by atoms with Crippen molar-refractivity contribution in [2.75, 3.05) is 0 Å². The Morgan fingerprint density at radius 1 is 1.29 bits per heavy atom. The average Bonchev–Trinajstić information content (AvgIpc) is 2.67. The van der Waals surface area contributed by atoms with Crippen molar-refractivity contribution in [2.45, 2.75) is 0 Å². The second kappa shape index (κ2) is 3.71. The van der Waals surface area contributed by atoms with E-state index in [1.807, 2.05) is 24.3 Å². The molecule has 0 spiro atoms. The maximum Gasteiger partial charge on any atom is 0.171 e. The summed E-state index contributed by atoms with van der Waals surface area (Å²) in [5.41, 5.74) is 1.20. The monoisotopic (exact) mass is 251 g/mol. The van der Waals surface area contributed by atoms with Crippen molar-refractivity contribution in [3.63, 3.8) is 0 Å². The highest BCUT2D eigenvalue weighted by Gasteiger charge is 2.00. The SMILES string of the molecule is O=Cc1cn(-c2ccc(Br)cc2)nn1. The zero-order valence-electron chi connectivity index (χ0n) is 7.09. The topological polar surface area (TPSA) is 47.8 Å². The van der Waals surface area contributed by atoms with Crippen molar-refractivity contribution in [1.82, 2.24) is 15.0 Å². The Balaban J connectivity index is 2.39. The molecule has 0 atom stereocenters. The Bertz CT molecular complexity index is 449. The van der Waals surface area contributed by atoms with Crippen LogP contribution in [0.25, 0.3) is 5.69 Å². The molecule has 4 nitrogen and oxygen atoms in total. The van der Waals surface area contributed by atoms with Crippen molar-refractivity contribution < 1.29 is 4.79 Å². The van der Waals surface area contributed by atoms with E-state index in [1.165, 1.54) is 0 Å². The highest BCUT2D eigenvalue weighted by atomic mass is 79.9. The zero-order chi connectivity index (χ0) is 9.97. The lowest BCUT2D eigenvalue weighted by molar-refractivity contribution is 0.111. The second-order valence-electron chi connectivity index (χ2n) is 2.68. The molecule has 5 heteroatoms. The summed E-state index contributed by atoms with van der Waals surface area (Å²) in [7, 11) is 0. The van der Waals surface area contributed by atoms with Gasteiger partial charge in [0.15, 0.2) is 6.29 Å². The number of carbonyl (C=O) groups excluding carboxylic acids is 1. The summed E-state index contributed by atoms with van der Waals surface area (Å²) < 4.78 is 2.55. The number of benzene rings is 1. The summed E-state index contributed by atoms with van der Waals surface area (Å²) in [6.45, 7) is 0. The molecule has 1 heterocycles. The lowest BCUT2D eigenvalue weighted by atomic mass is 10.3. The molecular formula is C9H6BrN3O. The van der Waals surface area contributed by atoms with E-state index in [-0.39, 0.29) is 0 Å². The second-order valence-corrected chi connectivity index (χ2v) is 3.60. The van der Waals surface area contributed by atoms with Crippen molar-refractivity contribution in [3.05, 3.63) is 40.6 Å². The molecule has 2 rings (SSSR count). The Labute approximate surface area is 88.7 Å². The van der Waals surface area contributed by atoms with Crippen molar-refractivity contribution >= 4 is 22.2 Å². The third kappa shape index (κ3) is 1.72. The van der Waals surface area contributed by atoms with Gasteiger partial charge in [-0.15, -0.1) is 5.10 Å². The minimum absolute atomic E-state index is 0.327. The van der Waals surface area contributed by atoms with Gasteiger partial charge in [0.2, 0.25) is 0 Å². The lowest BCUT2D eigenvalue weighted by Gasteiger charge is -1.98. The number of halogens is 1. The molecule has 70 valence electrons. The molecule has 0 saturated heterocycles. The standard InChI is InChI=1S/C9H6BrN3O/c10-7-1-3-9(4-2-7)13-5-8(6-14)11-12-13/h1-6H. The first-order chi connectivity index (χ1) is 6.79. The Morgan fingerprint density at radius 2 is 2.00 bits per heavy atom. The van der Waals surface area contributed by atoms with Crippen LogP contribution in [0.15, 0.2) is 34.9 Å². The normalized spacial score (nSPS) is 10.1. The fourth-order valence-corrected chi connectivity index (χ4v) is 1.32. The maximum absolute atomic E-state index is 10.4. The molecule has 0 aliphatic carbocycles. The van der Waals surface area contributed by atoms with Gasteiger partial charge in [-0.2, -0.15) is 0 Å². The van der Waals surface area contributed by atoms with Crippen molar-refractivity contribution in [3.8, 4) is 5.69 Å². The third-order valence-corrected chi connectivity index (χ3v) is 2.25. The van der Waals surface area contributed by atoms with Crippen LogP contribution in [-0.4, -0.2) is 21.3 Å². The molecule has 0 amide bonds. The van der Waals surface area contributed by atoms with Gasteiger partial charge in [-0.25, -0.2) is 4.68 Å². The molecular weight excluding hydrogens is 246 g/mol. The third-order valence-electron chi connectivity index (χ3n) is 1.72. The minimum Gasteiger partial charge on any atom is -0.296 e. The summed E-state index contributed by atoms with van der Waals surface area (Å²) in [5, 5.41) is 7.47. The molecule has 0 saturated carbocycles. The van der Waals surface area contributed by atoms with Gasteiger partial charge in [0, 0.05) is 4.47 Å². The molecule has 0 unspecified atom stereocenters. The lowest BCUT2D eigenvalue weighted by Crippen LogP contribution is -1.93. The van der Waals surface area contributed by atoms with Gasteiger partial charge in [0.25, 0.3) is 0 Å². The first kappa shape index (κ1) is 9.08. The van der Waals surface area contributed by atoms with Crippen LogP contribution in [0.5, 0.6) is 0 Å². The number of aldehydes is 1. The Hall–Kier alpha value is -1.49. The summed E-state index contributed by atoms with van der Waals surface area (Å²) in [6.07, 6.45) is 2.25. The molecule has 1 aromatic carbocycles. The fourth-order valence-electron chi connectivity index (χ4n) is 1.05. The predicted molar refractivity (Wildman–Crippen MR) is 54.4 cm³/mol. The molecule has 2 aromatic rings. The summed E-state index contributed by atoms with van der Waals surface area (Å²) >= 11 is 3.34. The minimum atomic E-state index is 0.327. The van der Waals surface area contributed by atoms with Gasteiger partial charge in [0.1, 0.15) is 5.69 Å². The number of rotatable bonds is 2. The van der Waals surface area contributed by atoms with Gasteiger partial charge in [-0.3, -0.25) is 4.79 Å². The molecule has 0 bridgehead atoms. The average molecular weight is 252 g/mol. The van der Waals surface area contributed by atoms with E-state index >= 15 is 0 Å². The van der Waals surface area contributed by atoms with Crippen LogP contribution in [0.3, 0.4) is 0 Å². The van der Waals surface area contributed by atoms with E-state index in [1.54, 1.807) is 10.9 Å². The fraction of sp³-hybridized carbons (Fsp3) is 0. The molecule has 0 N–H and O–H groups in total. The smallest absolute Gasteiger partial charge is 0.171 e. The largest absolute Gasteiger partial charge is 0.296 e. The van der Waals surface area contributed by atoms with Crippen LogP contribution < -0.4 is 0 Å². The molecule has 1 aromatic heterocycles. The van der Waals surface area contributed by atoms with E-state index in [2.05, 4.69) is 26.2 Å². The van der Waals surface area contributed by atoms with Gasteiger partial charge in [-0.1, -0.05) is 21.1 Å². The number of aromatic nitrogens is 3. The molecule has 0 aliphatic heterocycles. The number of carbonyl (C=O) groups is 1. The number of hydrogen-bond acceptors (Lipinski definition) is 3. The van der Waals surface area contributed by atoms with Crippen LogP contribution in [-0.2, 0) is 0 Å². The molecule has 14 heavy (non-hydrogen) atoms. The van der Waals surface area contributed by atoms with Gasteiger partial charge in [-0.05, 0) is 24.3 Å². The van der Waals surface area contributed by atoms with E-state index in [9.17, 15) is 4.79 Å². The Kier molecular flexibility index (Phi) is 2.41. The summed E-state index contributed by atoms with van der Waals surface area (Å²) in [4.78, 5) is 10.4. The number of nitrogens with zero attached hydrogens (tertiary/aromatic N) is 3. The van der Waals surface area contributed by atoms with Crippen LogP contribution in [0, 0.1) is 0 Å². The molecule has 0 radical (unpaired) electrons. The first-order valence-corrected chi connectivity index (χ1v) is 4.72. The van der Waals surface area contributed by atoms with Gasteiger partial charge in [0.05, 0.1) is 11.9 Å². The molecule has 0 fully saturated rings. The van der Waals surface area contributed by atoms with E-state index in [0.29, 0.717) is 12.0 Å². The predicted octanol–water partition coefficient (Wildman–Crippen LogP) is 1.84. The highest BCUT2D eigenvalue weighted by molar-refractivity contribution is 9.10. The Morgan fingerprint density at radius 3 is 2.57 bits per heavy atom. The first-order valence-electron chi connectivity index (χ1n) is 3.93. The highest BCUT2D eigenvalue weighted by Crippen LogP contribution is 2.12. The van der Waals surface area contributed by atoms with Crippen molar-refractivity contribution in [2.24, 2.45) is 0 Å². The van der Waals surface area contributed by atoms with Crippen LogP contribution in [0.4, 0.5) is 0 Å². The van der Waals surface area contributed by atoms with E-state index in [4.69, 9.17) is 0 Å². The summed E-state index contributed by atoms with van der Waals surface area (Å²) in [5.74, 6) is 0. The van der Waals surface area contributed by atoms with Gasteiger partial charge >= 0.3 is 0 Å². The van der Waals surface area contributed by atoms with Crippen LogP contribution in [0.2, 0.25) is 0 Å². The van der Waals surface area contributed by atoms with E-state index < -0.39 is 0 Å². The quantitative estimate of drug-likeness (QED) is 0.766. The van der Waals surface area contributed by atoms with Crippen molar-refractivity contribution in [1.29, 1.82) is 0 Å². The zero-order valence-corrected chi connectivity index (χ0v) is 8.68. The van der Waals surface area contributed by atoms with Crippen LogP contribution >= 0.6 is 15.9 Å². The van der Waals surface area contributed by atoms with Gasteiger partial charge < -0.3 is 0 Å². The van der Waals surface area contributed by atoms with E-state index in [0.717, 1.165) is 10.2 Å². The van der Waals surface area contributed by atoms with Crippen LogP contribution in [0.1, 0.15) is 10.5 Å². The summed E-state index contributed by atoms with van der Waals surface area (Å²) in [6, 6.07) is 7.57. The molecule has 0 aliphatic rings.